The summed E-state index contributed by atoms with van der Waals surface area (Å²) in [6.07, 6.45) is 6.42. The lowest BCUT2D eigenvalue weighted by Crippen LogP contribution is -2.36. The minimum atomic E-state index is -0.246. The summed E-state index contributed by atoms with van der Waals surface area (Å²) in [6.45, 7) is 8.56. The molecule has 120 valence electrons. The largest absolute Gasteiger partial charge is 0.316 e. The maximum absolute atomic E-state index is 14.2. The molecule has 0 bridgehead atoms. The van der Waals surface area contributed by atoms with Crippen molar-refractivity contribution in [3.05, 3.63) is 34.6 Å². The normalized spacial score (nSPS) is 14.1. The minimum absolute atomic E-state index is 0.122. The zero-order valence-corrected chi connectivity index (χ0v) is 14.4. The molecule has 1 atom stereocenters. The number of benzene rings is 1. The lowest BCUT2D eigenvalue weighted by atomic mass is 9.75. The van der Waals surface area contributed by atoms with Crippen LogP contribution in [0.4, 0.5) is 4.39 Å². The number of nitrogens with one attached hydrogen (secondary N) is 1. The second kappa shape index (κ2) is 9.42. The van der Waals surface area contributed by atoms with Crippen LogP contribution in [0.3, 0.4) is 0 Å². The fraction of sp³-hybridized carbons (Fsp3) is 0.667. The molecule has 1 N–H and O–H groups in total. The first-order valence-electron chi connectivity index (χ1n) is 8.22. The molecule has 0 aliphatic carbocycles. The Labute approximate surface area is 134 Å². The third-order valence-electron chi connectivity index (χ3n) is 4.33. The predicted molar refractivity (Wildman–Crippen MR) is 90.5 cm³/mol. The molecular formula is C18H29ClFN. The summed E-state index contributed by atoms with van der Waals surface area (Å²) in [5.41, 5.74) is 0.871. The zero-order chi connectivity index (χ0) is 15.7. The van der Waals surface area contributed by atoms with Gasteiger partial charge in [-0.05, 0) is 49.3 Å². The van der Waals surface area contributed by atoms with Crippen molar-refractivity contribution in [1.29, 1.82) is 0 Å². The molecule has 0 aromatic heterocycles. The molecule has 0 fully saturated rings. The number of halogens is 2. The van der Waals surface area contributed by atoms with E-state index in [-0.39, 0.29) is 16.3 Å². The summed E-state index contributed by atoms with van der Waals surface area (Å²) in [5, 5.41) is 3.77. The average molecular weight is 314 g/mol. The van der Waals surface area contributed by atoms with Gasteiger partial charge in [0, 0.05) is 6.54 Å². The highest BCUT2D eigenvalue weighted by Crippen LogP contribution is 2.34. The van der Waals surface area contributed by atoms with E-state index in [0.29, 0.717) is 0 Å². The van der Waals surface area contributed by atoms with E-state index in [0.717, 1.165) is 44.3 Å². The molecule has 0 aliphatic heterocycles. The van der Waals surface area contributed by atoms with Gasteiger partial charge >= 0.3 is 0 Å². The van der Waals surface area contributed by atoms with Crippen LogP contribution in [-0.4, -0.2) is 13.1 Å². The van der Waals surface area contributed by atoms with E-state index in [1.807, 2.05) is 12.1 Å². The molecule has 1 aromatic carbocycles. The van der Waals surface area contributed by atoms with E-state index < -0.39 is 0 Å². The first kappa shape index (κ1) is 18.4. The maximum Gasteiger partial charge on any atom is 0.144 e. The number of rotatable bonds is 10. The Kier molecular flexibility index (Phi) is 8.28. The van der Waals surface area contributed by atoms with Crippen LogP contribution in [0.15, 0.2) is 18.2 Å². The van der Waals surface area contributed by atoms with Gasteiger partial charge in [0.25, 0.3) is 0 Å². The number of hydrogen-bond donors (Lipinski definition) is 1. The second-order valence-electron chi connectivity index (χ2n) is 6.02. The van der Waals surface area contributed by atoms with Crippen molar-refractivity contribution in [2.75, 3.05) is 13.1 Å². The summed E-state index contributed by atoms with van der Waals surface area (Å²) in [6, 6.07) is 5.34. The molecule has 0 saturated heterocycles. The average Bonchev–Trinajstić information content (AvgIpc) is 2.49. The van der Waals surface area contributed by atoms with Gasteiger partial charge in [-0.3, -0.25) is 0 Å². The smallest absolute Gasteiger partial charge is 0.144 e. The quantitative estimate of drug-likeness (QED) is 0.554. The highest BCUT2D eigenvalue weighted by Gasteiger charge is 2.29. The molecular weight excluding hydrogens is 285 g/mol. The molecule has 0 aliphatic rings. The van der Waals surface area contributed by atoms with Crippen LogP contribution in [0.5, 0.6) is 0 Å². The molecule has 1 aromatic rings. The van der Waals surface area contributed by atoms with Crippen molar-refractivity contribution >= 4 is 11.6 Å². The van der Waals surface area contributed by atoms with E-state index in [1.54, 1.807) is 6.07 Å². The van der Waals surface area contributed by atoms with Crippen LogP contribution in [-0.2, 0) is 6.42 Å². The van der Waals surface area contributed by atoms with E-state index in [4.69, 9.17) is 11.6 Å². The maximum atomic E-state index is 14.2. The van der Waals surface area contributed by atoms with Crippen LogP contribution in [0, 0.1) is 11.2 Å². The fourth-order valence-electron chi connectivity index (χ4n) is 2.84. The first-order valence-corrected chi connectivity index (χ1v) is 8.60. The monoisotopic (exact) mass is 313 g/mol. The molecule has 1 rings (SSSR count). The van der Waals surface area contributed by atoms with E-state index >= 15 is 0 Å². The van der Waals surface area contributed by atoms with E-state index in [1.165, 1.54) is 12.8 Å². The molecule has 0 spiro atoms. The van der Waals surface area contributed by atoms with Gasteiger partial charge < -0.3 is 5.32 Å². The fourth-order valence-corrected chi connectivity index (χ4v) is 3.03. The lowest BCUT2D eigenvalue weighted by molar-refractivity contribution is 0.227. The van der Waals surface area contributed by atoms with Crippen LogP contribution in [0.25, 0.3) is 0 Å². The SMILES string of the molecule is CCCCC(CC)(CNCCC)Cc1cccc(Cl)c1F. The lowest BCUT2D eigenvalue weighted by Gasteiger charge is -2.34. The topological polar surface area (TPSA) is 12.0 Å². The van der Waals surface area contributed by atoms with Gasteiger partial charge in [0.15, 0.2) is 0 Å². The number of hydrogen-bond acceptors (Lipinski definition) is 1. The van der Waals surface area contributed by atoms with Crippen molar-refractivity contribution in [1.82, 2.24) is 5.32 Å². The summed E-state index contributed by atoms with van der Waals surface area (Å²) in [5.74, 6) is -0.246. The van der Waals surface area contributed by atoms with Crippen molar-refractivity contribution in [3.63, 3.8) is 0 Å². The minimum Gasteiger partial charge on any atom is -0.316 e. The van der Waals surface area contributed by atoms with Crippen LogP contribution in [0.1, 0.15) is 58.4 Å². The van der Waals surface area contributed by atoms with E-state index in [9.17, 15) is 4.39 Å². The Bertz CT molecular complexity index is 422. The van der Waals surface area contributed by atoms with E-state index in [2.05, 4.69) is 26.1 Å². The molecule has 1 nitrogen and oxygen atoms in total. The van der Waals surface area contributed by atoms with Crippen LogP contribution >= 0.6 is 11.6 Å². The summed E-state index contributed by atoms with van der Waals surface area (Å²) in [7, 11) is 0. The number of unbranched alkanes of at least 4 members (excludes halogenated alkanes) is 1. The molecule has 0 saturated carbocycles. The van der Waals surface area contributed by atoms with Gasteiger partial charge in [-0.1, -0.05) is 57.3 Å². The Morgan fingerprint density at radius 1 is 1.19 bits per heavy atom. The van der Waals surface area contributed by atoms with Gasteiger partial charge in [-0.25, -0.2) is 4.39 Å². The highest BCUT2D eigenvalue weighted by atomic mass is 35.5. The van der Waals surface area contributed by atoms with Gasteiger partial charge in [-0.15, -0.1) is 0 Å². The molecule has 0 radical (unpaired) electrons. The molecule has 21 heavy (non-hydrogen) atoms. The molecule has 1 unspecified atom stereocenters. The third kappa shape index (κ3) is 5.60. The Balaban J connectivity index is 2.90. The van der Waals surface area contributed by atoms with Crippen molar-refractivity contribution in [2.45, 2.75) is 59.3 Å². The van der Waals surface area contributed by atoms with Gasteiger partial charge in [0.2, 0.25) is 0 Å². The molecule has 0 heterocycles. The standard InChI is InChI=1S/C18H29ClFN/c1-4-7-11-18(6-3,14-21-12-5-2)13-15-9-8-10-16(19)17(15)20/h8-10,21H,4-7,11-14H2,1-3H3. The van der Waals surface area contributed by atoms with Crippen molar-refractivity contribution in [2.24, 2.45) is 5.41 Å². The highest BCUT2D eigenvalue weighted by molar-refractivity contribution is 6.30. The summed E-state index contributed by atoms with van der Waals surface area (Å²) < 4.78 is 14.2. The van der Waals surface area contributed by atoms with Gasteiger partial charge in [-0.2, -0.15) is 0 Å². The van der Waals surface area contributed by atoms with Crippen LogP contribution in [0.2, 0.25) is 5.02 Å². The summed E-state index contributed by atoms with van der Waals surface area (Å²) >= 11 is 5.93. The first-order chi connectivity index (χ1) is 10.1. The van der Waals surface area contributed by atoms with Crippen molar-refractivity contribution in [3.8, 4) is 0 Å². The third-order valence-corrected chi connectivity index (χ3v) is 4.63. The Morgan fingerprint density at radius 2 is 1.95 bits per heavy atom. The Hall–Kier alpha value is -0.600. The van der Waals surface area contributed by atoms with Crippen LogP contribution < -0.4 is 5.32 Å². The van der Waals surface area contributed by atoms with Gasteiger partial charge in [0.1, 0.15) is 5.82 Å². The predicted octanol–water partition coefficient (Wildman–Crippen LogP) is 5.61. The second-order valence-corrected chi connectivity index (χ2v) is 6.43. The zero-order valence-electron chi connectivity index (χ0n) is 13.6. The molecule has 0 amide bonds. The Morgan fingerprint density at radius 3 is 2.57 bits per heavy atom. The van der Waals surface area contributed by atoms with Crippen molar-refractivity contribution < 1.29 is 4.39 Å². The summed E-state index contributed by atoms with van der Waals surface area (Å²) in [4.78, 5) is 0. The molecule has 3 heteroatoms. The van der Waals surface area contributed by atoms with Gasteiger partial charge in [0.05, 0.1) is 5.02 Å².